The molecule has 1 aromatic rings. The third-order valence-corrected chi connectivity index (χ3v) is 4.91. The summed E-state index contributed by atoms with van der Waals surface area (Å²) in [5.41, 5.74) is 0.701. The van der Waals surface area contributed by atoms with Crippen molar-refractivity contribution in [3.63, 3.8) is 0 Å². The van der Waals surface area contributed by atoms with Gasteiger partial charge in [-0.1, -0.05) is 29.7 Å². The fourth-order valence-electron chi connectivity index (χ4n) is 2.48. The van der Waals surface area contributed by atoms with E-state index in [0.29, 0.717) is 24.5 Å². The van der Waals surface area contributed by atoms with Crippen LogP contribution in [0.5, 0.6) is 0 Å². The second-order valence-corrected chi connectivity index (χ2v) is 7.28. The summed E-state index contributed by atoms with van der Waals surface area (Å²) < 4.78 is 5.76. The Morgan fingerprint density at radius 1 is 1.09 bits per heavy atom. The van der Waals surface area contributed by atoms with Crippen LogP contribution in [0.2, 0.25) is 0 Å². The number of carbonyl (C=O) groups excluding carboxylic acids is 1. The van der Waals surface area contributed by atoms with Crippen molar-refractivity contribution in [2.24, 2.45) is 0 Å². The van der Waals surface area contributed by atoms with E-state index in [9.17, 15) is 9.90 Å². The average molecular weight is 301 g/mol. The molecule has 0 spiro atoms. The first kappa shape index (κ1) is 17.2. The molecule has 0 atom stereocenters. The van der Waals surface area contributed by atoms with E-state index in [1.165, 1.54) is 5.56 Å². The van der Waals surface area contributed by atoms with Gasteiger partial charge in [-0.3, -0.25) is 4.79 Å². The molecule has 1 aromatic carbocycles. The zero-order valence-electron chi connectivity index (χ0n) is 14.1. The molecule has 1 aliphatic rings. The number of hydrogen-bond donors (Lipinski definition) is 1. The summed E-state index contributed by atoms with van der Waals surface area (Å²) in [6.45, 7) is 7.23. The molecule has 1 N–H and O–H groups in total. The third-order valence-electron chi connectivity index (χ3n) is 4.91. The summed E-state index contributed by atoms with van der Waals surface area (Å²) in [6, 6.07) is 8.30. The molecule has 2 rings (SSSR count). The molecule has 0 aliphatic heterocycles. The van der Waals surface area contributed by atoms with Gasteiger partial charge >= 0.3 is 7.48 Å². The van der Waals surface area contributed by atoms with Crippen molar-refractivity contribution in [1.29, 1.82) is 0 Å². The first-order chi connectivity index (χ1) is 10.2. The Kier molecular flexibility index (Phi) is 5.13. The summed E-state index contributed by atoms with van der Waals surface area (Å²) in [4.78, 5) is 11.3. The quantitative estimate of drug-likeness (QED) is 0.851. The molecule has 0 aromatic heterocycles. The highest BCUT2D eigenvalue weighted by Crippen LogP contribution is 2.30. The van der Waals surface area contributed by atoms with E-state index in [1.54, 1.807) is 21.3 Å². The largest absolute Gasteiger partial charge is 0.427 e. The van der Waals surface area contributed by atoms with E-state index in [4.69, 9.17) is 4.65 Å². The number of rotatable bonds is 5. The summed E-state index contributed by atoms with van der Waals surface area (Å²) in [7, 11) is 1.70. The van der Waals surface area contributed by atoms with Crippen LogP contribution in [0, 0.1) is 0 Å². The van der Waals surface area contributed by atoms with E-state index in [-0.39, 0.29) is 0 Å². The zero-order valence-corrected chi connectivity index (χ0v) is 14.1. The fourth-order valence-corrected chi connectivity index (χ4v) is 2.48. The average Bonchev–Trinajstić information content (AvgIpc) is 2.45. The second kappa shape index (κ2) is 6.55. The zero-order chi connectivity index (χ0) is 16.4. The topological polar surface area (TPSA) is 46.5 Å². The lowest BCUT2D eigenvalue weighted by Gasteiger charge is -2.37. The van der Waals surface area contributed by atoms with Gasteiger partial charge in [0.1, 0.15) is 5.78 Å². The Balaban J connectivity index is 1.94. The van der Waals surface area contributed by atoms with Crippen LogP contribution >= 0.6 is 0 Å². The lowest BCUT2D eigenvalue weighted by molar-refractivity contribution is -0.120. The van der Waals surface area contributed by atoms with Crippen LogP contribution in [0.25, 0.3) is 0 Å². The van der Waals surface area contributed by atoms with Gasteiger partial charge < -0.3 is 9.76 Å². The van der Waals surface area contributed by atoms with Crippen LogP contribution in [-0.2, 0) is 9.45 Å². The van der Waals surface area contributed by atoms with E-state index in [2.05, 4.69) is 12.1 Å². The Bertz CT molecular complexity index is 504. The van der Waals surface area contributed by atoms with Gasteiger partial charge in [0.15, 0.2) is 0 Å². The van der Waals surface area contributed by atoms with Crippen molar-refractivity contribution < 1.29 is 14.6 Å². The van der Waals surface area contributed by atoms with Gasteiger partial charge in [-0.05, 0) is 52.0 Å². The van der Waals surface area contributed by atoms with Crippen LogP contribution in [-0.4, -0.2) is 29.6 Å². The van der Waals surface area contributed by atoms with Crippen LogP contribution in [0.4, 0.5) is 0 Å². The summed E-state index contributed by atoms with van der Waals surface area (Å²) >= 11 is 0. The Labute approximate surface area is 134 Å². The van der Waals surface area contributed by atoms with Crippen LogP contribution in [0.15, 0.2) is 24.3 Å². The van der Waals surface area contributed by atoms with Crippen LogP contribution in [0.3, 0.4) is 0 Å². The number of benzene rings is 1. The molecule has 1 fully saturated rings. The molecule has 22 heavy (non-hydrogen) atoms. The van der Waals surface area contributed by atoms with Gasteiger partial charge in [0.25, 0.3) is 0 Å². The molecule has 4 heteroatoms. The first-order valence-corrected chi connectivity index (χ1v) is 8.04. The van der Waals surface area contributed by atoms with Crippen molar-refractivity contribution in [2.75, 3.05) is 0 Å². The van der Waals surface area contributed by atoms with E-state index >= 15 is 0 Å². The van der Waals surface area contributed by atoms with Gasteiger partial charge in [0.05, 0.1) is 11.2 Å². The highest BCUT2D eigenvalue weighted by molar-refractivity contribution is 6.47. The maximum atomic E-state index is 11.3. The molecule has 3 nitrogen and oxygen atoms in total. The maximum Gasteiger partial charge on any atom is 0.330 e. The van der Waals surface area contributed by atoms with Gasteiger partial charge in [0, 0.05) is 12.8 Å². The number of carbonyl (C=O) groups is 1. The molecule has 1 saturated carbocycles. The van der Waals surface area contributed by atoms with E-state index < -0.39 is 11.2 Å². The predicted octanol–water partition coefficient (Wildman–Crippen LogP) is 2.72. The Morgan fingerprint density at radius 3 is 2.14 bits per heavy atom. The smallest absolute Gasteiger partial charge is 0.330 e. The highest BCUT2D eigenvalue weighted by atomic mass is 16.5. The normalized spacial score (nSPS) is 17.6. The molecule has 0 amide bonds. The minimum absolute atomic E-state index is 0.392. The second-order valence-electron chi connectivity index (χ2n) is 7.28. The van der Waals surface area contributed by atoms with Crippen LogP contribution in [0.1, 0.15) is 64.9 Å². The minimum Gasteiger partial charge on any atom is -0.427 e. The third kappa shape index (κ3) is 4.20. The first-order valence-electron chi connectivity index (χ1n) is 8.04. The highest BCUT2D eigenvalue weighted by Gasteiger charge is 2.35. The molecule has 0 saturated heterocycles. The summed E-state index contributed by atoms with van der Waals surface area (Å²) in [5, 5.41) is 10.1. The Morgan fingerprint density at radius 2 is 1.64 bits per heavy atom. The van der Waals surface area contributed by atoms with Crippen molar-refractivity contribution in [2.45, 2.75) is 70.5 Å². The Hall–Kier alpha value is -1.13. The number of aliphatic hydroxyl groups is 1. The lowest BCUT2D eigenvalue weighted by atomic mass is 9.80. The summed E-state index contributed by atoms with van der Waals surface area (Å²) in [6.07, 6.45) is 3.34. The predicted molar refractivity (Wildman–Crippen MR) is 89.5 cm³/mol. The van der Waals surface area contributed by atoms with Crippen molar-refractivity contribution >= 4 is 18.7 Å². The van der Waals surface area contributed by atoms with Crippen molar-refractivity contribution in [1.82, 2.24) is 0 Å². The lowest BCUT2D eigenvalue weighted by Crippen LogP contribution is -2.49. The molecule has 1 aliphatic carbocycles. The number of hydrogen-bond acceptors (Lipinski definition) is 3. The molecule has 119 valence electrons. The van der Waals surface area contributed by atoms with E-state index in [0.717, 1.165) is 18.3 Å². The maximum absolute atomic E-state index is 11.3. The molecule has 1 radical (unpaired) electrons. The minimum atomic E-state index is -0.919. The SMILES string of the molecule is CC(C)(O)C(C)(C)O[B]c1ccc(C2CCC(=O)CC2)cc1. The number of ketones is 1. The van der Waals surface area contributed by atoms with Gasteiger partial charge in [0.2, 0.25) is 0 Å². The van der Waals surface area contributed by atoms with Crippen molar-refractivity contribution in [3.05, 3.63) is 29.8 Å². The molecular formula is C18H26BO3. The van der Waals surface area contributed by atoms with Gasteiger partial charge in [-0.25, -0.2) is 0 Å². The van der Waals surface area contributed by atoms with E-state index in [1.807, 2.05) is 26.0 Å². The molecule has 0 unspecified atom stereocenters. The fraction of sp³-hybridized carbons (Fsp3) is 0.611. The number of Topliss-reactive ketones (excluding diaryl/α,β-unsaturated/α-hetero) is 1. The van der Waals surface area contributed by atoms with Gasteiger partial charge in [-0.15, -0.1) is 0 Å². The summed E-state index contributed by atoms with van der Waals surface area (Å²) in [5.74, 6) is 0.893. The van der Waals surface area contributed by atoms with Crippen molar-refractivity contribution in [3.8, 4) is 0 Å². The van der Waals surface area contributed by atoms with Crippen LogP contribution < -0.4 is 5.46 Å². The standard InChI is InChI=1S/C18H26BO3/c1-17(2,21)18(3,4)22-19-15-9-5-13(6-10-15)14-7-11-16(20)12-8-14/h5-6,9-10,14,21H,7-8,11-12H2,1-4H3. The monoisotopic (exact) mass is 301 g/mol. The molecular weight excluding hydrogens is 275 g/mol. The molecule has 0 heterocycles. The van der Waals surface area contributed by atoms with Gasteiger partial charge in [-0.2, -0.15) is 0 Å². The molecule has 0 bridgehead atoms.